The first-order chi connectivity index (χ1) is 14.7. The number of hydrogen-bond donors (Lipinski definition) is 1. The highest BCUT2D eigenvalue weighted by Gasteiger charge is 2.29. The van der Waals surface area contributed by atoms with Crippen molar-refractivity contribution in [3.63, 3.8) is 0 Å². The van der Waals surface area contributed by atoms with Crippen LogP contribution in [-0.4, -0.2) is 71.0 Å². The molecule has 3 heterocycles. The number of piperazine rings is 1. The van der Waals surface area contributed by atoms with E-state index >= 15 is 0 Å². The topological polar surface area (TPSA) is 113 Å². The normalized spacial score (nSPS) is 16.0. The van der Waals surface area contributed by atoms with Crippen molar-refractivity contribution in [3.05, 3.63) is 47.4 Å². The second-order valence-corrected chi connectivity index (χ2v) is 9.49. The summed E-state index contributed by atoms with van der Waals surface area (Å²) in [6.45, 7) is 5.54. The highest BCUT2D eigenvalue weighted by molar-refractivity contribution is 7.89. The fourth-order valence-electron chi connectivity index (χ4n) is 3.53. The molecule has 4 rings (SSSR count). The molecule has 1 aliphatic heterocycles. The third-order valence-electron chi connectivity index (χ3n) is 5.10. The van der Waals surface area contributed by atoms with Gasteiger partial charge in [0, 0.05) is 43.0 Å². The van der Waals surface area contributed by atoms with Gasteiger partial charge in [0.2, 0.25) is 15.9 Å². The number of fused-ring (bicyclic) bond motifs is 1. The van der Waals surface area contributed by atoms with Gasteiger partial charge in [-0.25, -0.2) is 13.4 Å². The Labute approximate surface area is 184 Å². The van der Waals surface area contributed by atoms with E-state index in [9.17, 15) is 13.2 Å². The maximum atomic E-state index is 12.9. The molecule has 1 amide bonds. The Kier molecular flexibility index (Phi) is 5.82. The number of anilines is 1. The lowest BCUT2D eigenvalue weighted by molar-refractivity contribution is -0.132. The molecule has 31 heavy (non-hydrogen) atoms. The van der Waals surface area contributed by atoms with Crippen LogP contribution in [0.5, 0.6) is 0 Å². The fraction of sp³-hybridized carbons (Fsp3) is 0.368. The molecule has 2 aromatic heterocycles. The minimum Gasteiger partial charge on any atom is -0.353 e. The van der Waals surface area contributed by atoms with E-state index < -0.39 is 16.1 Å². The van der Waals surface area contributed by atoms with Crippen LogP contribution in [0.2, 0.25) is 5.02 Å². The first-order valence-corrected chi connectivity index (χ1v) is 11.6. The van der Waals surface area contributed by atoms with Gasteiger partial charge in [-0.1, -0.05) is 11.6 Å². The number of carbonyl (C=O) groups excluding carboxylic acids is 1. The van der Waals surface area contributed by atoms with Crippen LogP contribution in [0.3, 0.4) is 0 Å². The molecule has 1 N–H and O–H groups in total. The van der Waals surface area contributed by atoms with Gasteiger partial charge in [0.05, 0.1) is 10.9 Å². The Morgan fingerprint density at radius 1 is 1.16 bits per heavy atom. The number of hydrogen-bond acceptors (Lipinski definition) is 7. The Morgan fingerprint density at radius 3 is 2.52 bits per heavy atom. The Hall–Kier alpha value is -2.76. The van der Waals surface area contributed by atoms with Gasteiger partial charge in [0.1, 0.15) is 12.1 Å². The molecule has 0 aliphatic carbocycles. The average molecular weight is 464 g/mol. The molecule has 0 spiro atoms. The number of halogens is 1. The molecular formula is C19H22ClN7O3S. The van der Waals surface area contributed by atoms with Gasteiger partial charge < -0.3 is 9.80 Å². The van der Waals surface area contributed by atoms with E-state index in [0.717, 1.165) is 11.5 Å². The van der Waals surface area contributed by atoms with Gasteiger partial charge in [-0.15, -0.1) is 0 Å². The molecule has 1 atom stereocenters. The zero-order valence-electron chi connectivity index (χ0n) is 17.1. The quantitative estimate of drug-likeness (QED) is 0.602. The zero-order valence-corrected chi connectivity index (χ0v) is 18.6. The third kappa shape index (κ3) is 4.48. The van der Waals surface area contributed by atoms with Crippen LogP contribution in [0, 0.1) is 6.92 Å². The number of nitrogens with zero attached hydrogens (tertiary/aromatic N) is 6. The van der Waals surface area contributed by atoms with Crippen molar-refractivity contribution < 1.29 is 13.2 Å². The van der Waals surface area contributed by atoms with Crippen molar-refractivity contribution in [2.45, 2.75) is 24.8 Å². The summed E-state index contributed by atoms with van der Waals surface area (Å²) in [4.78, 5) is 25.2. The Bertz CT molecular complexity index is 1200. The minimum absolute atomic E-state index is 0.0614. The van der Waals surface area contributed by atoms with Gasteiger partial charge in [-0.05, 0) is 38.1 Å². The van der Waals surface area contributed by atoms with Crippen molar-refractivity contribution in [1.82, 2.24) is 29.2 Å². The summed E-state index contributed by atoms with van der Waals surface area (Å²) < 4.78 is 29.2. The van der Waals surface area contributed by atoms with Crippen LogP contribution in [0.1, 0.15) is 12.6 Å². The van der Waals surface area contributed by atoms with Crippen molar-refractivity contribution >= 4 is 39.1 Å². The van der Waals surface area contributed by atoms with Gasteiger partial charge in [-0.2, -0.15) is 19.3 Å². The summed E-state index contributed by atoms with van der Waals surface area (Å²) in [6.07, 6.45) is 1.46. The number of sulfonamides is 1. The smallest absolute Gasteiger partial charge is 0.254 e. The fourth-order valence-corrected chi connectivity index (χ4v) is 4.85. The van der Waals surface area contributed by atoms with Crippen LogP contribution >= 0.6 is 11.6 Å². The standard InChI is InChI=1S/C19H22ClN7O3S/c1-13-11-17(27-19(23-13)21-12-22-27)25-7-9-26(10-8-25)18(28)14(2)24-31(29,30)16-5-3-15(20)4-6-16/h3-6,11-12,14,24H,7-10H2,1-2H3/t14-/m0/s1. The summed E-state index contributed by atoms with van der Waals surface area (Å²) in [5, 5.41) is 4.67. The molecule has 10 nitrogen and oxygen atoms in total. The largest absolute Gasteiger partial charge is 0.353 e. The number of aromatic nitrogens is 4. The maximum absolute atomic E-state index is 12.9. The van der Waals surface area contributed by atoms with Crippen LogP contribution in [0.4, 0.5) is 5.82 Å². The van der Waals surface area contributed by atoms with Crippen molar-refractivity contribution in [2.24, 2.45) is 0 Å². The lowest BCUT2D eigenvalue weighted by atomic mass is 10.2. The zero-order chi connectivity index (χ0) is 22.2. The van der Waals surface area contributed by atoms with E-state index in [0.29, 0.717) is 37.0 Å². The van der Waals surface area contributed by atoms with E-state index in [-0.39, 0.29) is 10.8 Å². The molecule has 0 unspecified atom stereocenters. The predicted octanol–water partition coefficient (Wildman–Crippen LogP) is 1.10. The molecule has 3 aromatic rings. The van der Waals surface area contributed by atoms with Crippen LogP contribution in [-0.2, 0) is 14.8 Å². The molecule has 0 bridgehead atoms. The number of rotatable bonds is 5. The molecule has 1 saturated heterocycles. The molecule has 0 radical (unpaired) electrons. The lowest BCUT2D eigenvalue weighted by Crippen LogP contribution is -2.54. The number of carbonyl (C=O) groups is 1. The second kappa shape index (κ2) is 8.40. The summed E-state index contributed by atoms with van der Waals surface area (Å²) in [5.41, 5.74) is 0.833. The third-order valence-corrected chi connectivity index (χ3v) is 6.91. The highest BCUT2D eigenvalue weighted by atomic mass is 35.5. The number of nitrogens with one attached hydrogen (secondary N) is 1. The average Bonchev–Trinajstić information content (AvgIpc) is 3.21. The second-order valence-electron chi connectivity index (χ2n) is 7.34. The summed E-state index contributed by atoms with van der Waals surface area (Å²) in [6, 6.07) is 6.84. The van der Waals surface area contributed by atoms with E-state index in [1.54, 1.807) is 16.3 Å². The maximum Gasteiger partial charge on any atom is 0.254 e. The molecular weight excluding hydrogens is 442 g/mol. The van der Waals surface area contributed by atoms with E-state index in [1.807, 2.05) is 13.0 Å². The number of amides is 1. The number of benzene rings is 1. The van der Waals surface area contributed by atoms with Gasteiger partial charge in [0.15, 0.2) is 0 Å². The monoisotopic (exact) mass is 463 g/mol. The van der Waals surface area contributed by atoms with Crippen LogP contribution in [0.25, 0.3) is 5.78 Å². The molecule has 1 aromatic carbocycles. The summed E-state index contributed by atoms with van der Waals surface area (Å²) in [7, 11) is -3.83. The van der Waals surface area contributed by atoms with E-state index in [1.165, 1.54) is 30.6 Å². The van der Waals surface area contributed by atoms with E-state index in [2.05, 4.69) is 24.7 Å². The van der Waals surface area contributed by atoms with Crippen molar-refractivity contribution in [1.29, 1.82) is 0 Å². The molecule has 0 saturated carbocycles. The Morgan fingerprint density at radius 2 is 1.84 bits per heavy atom. The predicted molar refractivity (Wildman–Crippen MR) is 116 cm³/mol. The van der Waals surface area contributed by atoms with Gasteiger partial charge in [0.25, 0.3) is 5.78 Å². The van der Waals surface area contributed by atoms with Gasteiger partial charge >= 0.3 is 0 Å². The SMILES string of the molecule is Cc1cc(N2CCN(C(=O)[C@H](C)NS(=O)(=O)c3ccc(Cl)cc3)CC2)n2ncnc2n1. The number of aryl methyl sites for hydroxylation is 1. The molecule has 1 fully saturated rings. The van der Waals surface area contributed by atoms with Crippen molar-refractivity contribution in [3.8, 4) is 0 Å². The molecule has 164 valence electrons. The summed E-state index contributed by atoms with van der Waals surface area (Å²) in [5.74, 6) is 1.12. The molecule has 1 aliphatic rings. The first kappa shape index (κ1) is 21.5. The van der Waals surface area contributed by atoms with Crippen molar-refractivity contribution in [2.75, 3.05) is 31.1 Å². The minimum atomic E-state index is -3.83. The van der Waals surface area contributed by atoms with Crippen LogP contribution < -0.4 is 9.62 Å². The first-order valence-electron chi connectivity index (χ1n) is 9.73. The summed E-state index contributed by atoms with van der Waals surface area (Å²) >= 11 is 5.82. The van der Waals surface area contributed by atoms with Crippen LogP contribution in [0.15, 0.2) is 41.6 Å². The lowest BCUT2D eigenvalue weighted by Gasteiger charge is -2.37. The molecule has 12 heteroatoms. The van der Waals surface area contributed by atoms with E-state index in [4.69, 9.17) is 11.6 Å². The Balaban J connectivity index is 1.40. The highest BCUT2D eigenvalue weighted by Crippen LogP contribution is 2.19. The van der Waals surface area contributed by atoms with Gasteiger partial charge in [-0.3, -0.25) is 4.79 Å².